The normalized spacial score (nSPS) is 11.3. The lowest BCUT2D eigenvalue weighted by Crippen LogP contribution is -2.20. The van der Waals surface area contributed by atoms with Gasteiger partial charge in [-0.15, -0.1) is 0 Å². The Balaban J connectivity index is 0.000000311. The van der Waals surface area contributed by atoms with Crippen molar-refractivity contribution >= 4 is 28.2 Å². The monoisotopic (exact) mass is 435 g/mol. The first-order valence-corrected chi connectivity index (χ1v) is 11.2. The fourth-order valence-corrected chi connectivity index (χ4v) is 3.24. The van der Waals surface area contributed by atoms with E-state index in [-0.39, 0.29) is 0 Å². The predicted molar refractivity (Wildman–Crippen MR) is 142 cm³/mol. The van der Waals surface area contributed by atoms with E-state index in [0.29, 0.717) is 0 Å². The highest BCUT2D eigenvalue weighted by Crippen LogP contribution is 2.20. The van der Waals surface area contributed by atoms with Gasteiger partial charge in [0.15, 0.2) is 5.17 Å². The van der Waals surface area contributed by atoms with Gasteiger partial charge < -0.3 is 10.2 Å². The summed E-state index contributed by atoms with van der Waals surface area (Å²) >= 11 is 1.57. The molecule has 0 spiro atoms. The van der Waals surface area contributed by atoms with E-state index in [9.17, 15) is 0 Å². The number of hydrogen-bond donors (Lipinski definition) is 1. The van der Waals surface area contributed by atoms with Crippen molar-refractivity contribution in [3.63, 3.8) is 0 Å². The van der Waals surface area contributed by atoms with Gasteiger partial charge in [-0.2, -0.15) is 0 Å². The molecule has 0 unspecified atom stereocenters. The molecular formula is C27H37N3S. The Morgan fingerprint density at radius 1 is 1.06 bits per heavy atom. The van der Waals surface area contributed by atoms with E-state index in [1.807, 2.05) is 25.9 Å². The van der Waals surface area contributed by atoms with Gasteiger partial charge in [0, 0.05) is 33.4 Å². The first-order valence-electron chi connectivity index (χ1n) is 10.4. The second-order valence-electron chi connectivity index (χ2n) is 7.51. The molecule has 3 nitrogen and oxygen atoms in total. The summed E-state index contributed by atoms with van der Waals surface area (Å²) in [5.41, 5.74) is 7.37. The van der Waals surface area contributed by atoms with Crippen LogP contribution < -0.4 is 5.32 Å². The van der Waals surface area contributed by atoms with Crippen LogP contribution in [0, 0.1) is 6.92 Å². The van der Waals surface area contributed by atoms with Crippen LogP contribution >= 0.6 is 11.8 Å². The highest BCUT2D eigenvalue weighted by atomic mass is 32.2. The fraction of sp³-hybridized carbons (Fsp3) is 0.296. The number of benzene rings is 2. The Kier molecular flexibility index (Phi) is 11.5. The molecular weight excluding hydrogens is 398 g/mol. The standard InChI is InChI=1S/C14H19N.C13H18N2S/c1-6-11(2)13-8-7-9-14(10-13)12(3)15(4)5;1-10(2)16-13(14-4)15-9-12-8-6-5-7-11(12)3/h6-10H,3H2,1-2,4-5H3;5-8H,1,9H2,2-4H3,(H,14,15)/b11-6+;. The molecule has 31 heavy (non-hydrogen) atoms. The van der Waals surface area contributed by atoms with Gasteiger partial charge in [-0.1, -0.05) is 73.5 Å². The molecule has 0 amide bonds. The summed E-state index contributed by atoms with van der Waals surface area (Å²) in [4.78, 5) is 7.25. The van der Waals surface area contributed by atoms with Crippen LogP contribution in [-0.2, 0) is 6.54 Å². The van der Waals surface area contributed by atoms with Crippen molar-refractivity contribution in [1.82, 2.24) is 10.2 Å². The fourth-order valence-electron chi connectivity index (χ4n) is 2.67. The number of hydrogen-bond acceptors (Lipinski definition) is 3. The molecule has 1 N–H and O–H groups in total. The second kappa shape index (κ2) is 13.6. The quantitative estimate of drug-likeness (QED) is 0.392. The zero-order valence-electron chi connectivity index (χ0n) is 20.1. The summed E-state index contributed by atoms with van der Waals surface area (Å²) in [5.74, 6) is 0. The molecule has 4 heteroatoms. The molecule has 166 valence electrons. The Labute approximate surface area is 193 Å². The van der Waals surface area contributed by atoms with Crippen LogP contribution in [-0.4, -0.2) is 31.2 Å². The lowest BCUT2D eigenvalue weighted by molar-refractivity contribution is 0.593. The molecule has 0 saturated carbocycles. The van der Waals surface area contributed by atoms with Crippen LogP contribution in [0.2, 0.25) is 0 Å². The lowest BCUT2D eigenvalue weighted by Gasteiger charge is -2.16. The number of aliphatic imine (C=N–C) groups is 1. The smallest absolute Gasteiger partial charge is 0.161 e. The molecule has 0 radical (unpaired) electrons. The van der Waals surface area contributed by atoms with Crippen LogP contribution in [0.25, 0.3) is 11.3 Å². The number of allylic oxidation sites excluding steroid dienone is 3. The second-order valence-corrected chi connectivity index (χ2v) is 8.79. The Morgan fingerprint density at radius 2 is 1.71 bits per heavy atom. The summed E-state index contributed by atoms with van der Waals surface area (Å²) in [6, 6.07) is 16.8. The summed E-state index contributed by atoms with van der Waals surface area (Å²) < 4.78 is 0. The van der Waals surface area contributed by atoms with Crippen molar-refractivity contribution < 1.29 is 0 Å². The Morgan fingerprint density at radius 3 is 2.26 bits per heavy atom. The summed E-state index contributed by atoms with van der Waals surface area (Å²) in [5, 5.41) is 4.22. The third-order valence-corrected chi connectivity index (χ3v) is 5.66. The van der Waals surface area contributed by atoms with Crippen molar-refractivity contribution in [2.45, 2.75) is 34.2 Å². The first kappa shape index (κ1) is 26.3. The largest absolute Gasteiger partial charge is 0.378 e. The van der Waals surface area contributed by atoms with Crippen molar-refractivity contribution in [3.05, 3.63) is 94.9 Å². The number of nitrogens with one attached hydrogen (secondary N) is 1. The molecule has 0 fully saturated rings. The van der Waals surface area contributed by atoms with Crippen LogP contribution in [0.4, 0.5) is 0 Å². The van der Waals surface area contributed by atoms with Crippen molar-refractivity contribution in [1.29, 1.82) is 0 Å². The van der Waals surface area contributed by atoms with Crippen LogP contribution in [0.15, 0.2) is 77.7 Å². The van der Waals surface area contributed by atoms with Crippen LogP contribution in [0.3, 0.4) is 0 Å². The topological polar surface area (TPSA) is 27.6 Å². The Bertz CT molecular complexity index is 939. The number of aryl methyl sites for hydroxylation is 1. The SMILES string of the molecule is C=C(C)SC(=NC)NCc1ccccc1C.C=C(c1cccc(/C(C)=C/C)c1)N(C)C. The van der Waals surface area contributed by atoms with Crippen molar-refractivity contribution in [3.8, 4) is 0 Å². The number of nitrogens with zero attached hydrogens (tertiary/aromatic N) is 2. The average Bonchev–Trinajstić information content (AvgIpc) is 2.76. The van der Waals surface area contributed by atoms with E-state index in [1.165, 1.54) is 27.8 Å². The third kappa shape index (κ3) is 9.31. The van der Waals surface area contributed by atoms with Gasteiger partial charge in [0.25, 0.3) is 0 Å². The zero-order valence-corrected chi connectivity index (χ0v) is 20.9. The lowest BCUT2D eigenvalue weighted by atomic mass is 10.0. The number of rotatable bonds is 6. The molecule has 0 heterocycles. The minimum Gasteiger partial charge on any atom is -0.378 e. The van der Waals surface area contributed by atoms with Crippen LogP contribution in [0.5, 0.6) is 0 Å². The predicted octanol–water partition coefficient (Wildman–Crippen LogP) is 6.98. The van der Waals surface area contributed by atoms with Crippen LogP contribution in [0.1, 0.15) is 43.0 Å². The van der Waals surface area contributed by atoms with Gasteiger partial charge in [-0.3, -0.25) is 4.99 Å². The van der Waals surface area contributed by atoms with Crippen molar-refractivity contribution in [2.24, 2.45) is 4.99 Å². The number of thioether (sulfide) groups is 1. The maximum atomic E-state index is 4.18. The molecule has 0 aliphatic rings. The van der Waals surface area contributed by atoms with E-state index in [4.69, 9.17) is 0 Å². The molecule has 0 bridgehead atoms. The molecule has 2 rings (SSSR count). The Hall–Kier alpha value is -2.72. The summed E-state index contributed by atoms with van der Waals surface area (Å²) in [6.45, 7) is 17.0. The maximum absolute atomic E-state index is 4.18. The molecule has 0 atom stereocenters. The molecule has 0 aliphatic heterocycles. The molecule has 0 saturated heterocycles. The number of amidine groups is 1. The minimum atomic E-state index is 0.805. The molecule has 0 aromatic heterocycles. The summed E-state index contributed by atoms with van der Waals surface area (Å²) in [7, 11) is 5.81. The van der Waals surface area contributed by atoms with E-state index < -0.39 is 0 Å². The van der Waals surface area contributed by atoms with Gasteiger partial charge in [0.1, 0.15) is 0 Å². The highest BCUT2D eigenvalue weighted by molar-refractivity contribution is 8.17. The maximum Gasteiger partial charge on any atom is 0.161 e. The van der Waals surface area contributed by atoms with E-state index >= 15 is 0 Å². The van der Waals surface area contributed by atoms with Gasteiger partial charge in [-0.25, -0.2) is 0 Å². The third-order valence-electron chi connectivity index (χ3n) is 4.79. The average molecular weight is 436 g/mol. The molecule has 2 aromatic rings. The highest BCUT2D eigenvalue weighted by Gasteiger charge is 2.03. The van der Waals surface area contributed by atoms with Gasteiger partial charge in [0.2, 0.25) is 0 Å². The minimum absolute atomic E-state index is 0.805. The van der Waals surface area contributed by atoms with Gasteiger partial charge >= 0.3 is 0 Å². The van der Waals surface area contributed by atoms with E-state index in [1.54, 1.807) is 18.8 Å². The van der Waals surface area contributed by atoms with Crippen molar-refractivity contribution in [2.75, 3.05) is 21.1 Å². The molecule has 0 aliphatic carbocycles. The molecule has 2 aromatic carbocycles. The van der Waals surface area contributed by atoms with Gasteiger partial charge in [0.05, 0.1) is 0 Å². The van der Waals surface area contributed by atoms with Gasteiger partial charge in [-0.05, 0) is 66.5 Å². The van der Waals surface area contributed by atoms with E-state index in [2.05, 4.69) is 98.8 Å². The first-order chi connectivity index (χ1) is 14.7. The van der Waals surface area contributed by atoms with E-state index in [0.717, 1.165) is 22.3 Å². The summed E-state index contributed by atoms with van der Waals surface area (Å²) in [6.07, 6.45) is 2.12. The zero-order chi connectivity index (χ0) is 23.4.